The molecule has 18 heavy (non-hydrogen) atoms. The van der Waals surface area contributed by atoms with Gasteiger partial charge >= 0.3 is 0 Å². The van der Waals surface area contributed by atoms with Gasteiger partial charge in [-0.15, -0.1) is 0 Å². The molecule has 0 aliphatic heterocycles. The Balaban J connectivity index is 2.26. The van der Waals surface area contributed by atoms with Gasteiger partial charge in [0.15, 0.2) is 0 Å². The smallest absolute Gasteiger partial charge is 0.292 e. The maximum absolute atomic E-state index is 11.1. The van der Waals surface area contributed by atoms with Gasteiger partial charge in [0.05, 0.1) is 4.92 Å². The molecule has 0 bridgehead atoms. The highest BCUT2D eigenvalue weighted by molar-refractivity contribution is 5.94. The average Bonchev–Trinajstić information content (AvgIpc) is 3.07. The van der Waals surface area contributed by atoms with E-state index in [4.69, 9.17) is 5.73 Å². The minimum Gasteiger partial charge on any atom is -0.376 e. The molecule has 1 aromatic carbocycles. The molecule has 6 nitrogen and oxygen atoms in total. The number of nitrogens with one attached hydrogen (secondary N) is 1. The molecule has 0 radical (unpaired) electrons. The largest absolute Gasteiger partial charge is 0.376 e. The van der Waals surface area contributed by atoms with Crippen molar-refractivity contribution in [1.29, 1.82) is 0 Å². The Morgan fingerprint density at radius 2 is 2.33 bits per heavy atom. The van der Waals surface area contributed by atoms with Gasteiger partial charge in [0, 0.05) is 17.7 Å². The molecule has 6 heteroatoms. The second-order valence-corrected chi connectivity index (χ2v) is 4.51. The van der Waals surface area contributed by atoms with Crippen LogP contribution in [-0.2, 0) is 0 Å². The van der Waals surface area contributed by atoms with Crippen LogP contribution in [0.5, 0.6) is 0 Å². The number of rotatable bonds is 5. The topological polar surface area (TPSA) is 98.3 Å². The number of hydrogen-bond donors (Lipinski definition) is 2. The second kappa shape index (κ2) is 4.64. The molecule has 96 valence electrons. The van der Waals surface area contributed by atoms with Crippen molar-refractivity contribution >= 4 is 17.3 Å². The van der Waals surface area contributed by atoms with Crippen LogP contribution in [0, 0.1) is 16.0 Å². The Hall–Kier alpha value is -2.11. The standard InChI is InChI=1S/C12H15N3O3/c1-2-7-5-9(7)14-10-6-8(12(13)16)3-4-11(10)15(17)18/h3-4,6-7,9,14H,2,5H2,1H3,(H2,13,16). The van der Waals surface area contributed by atoms with E-state index in [0.717, 1.165) is 12.8 Å². The first-order valence-corrected chi connectivity index (χ1v) is 5.87. The van der Waals surface area contributed by atoms with Crippen LogP contribution in [0.1, 0.15) is 30.1 Å². The van der Waals surface area contributed by atoms with E-state index in [1.165, 1.54) is 18.2 Å². The van der Waals surface area contributed by atoms with Crippen molar-refractivity contribution in [2.75, 3.05) is 5.32 Å². The number of carbonyl (C=O) groups is 1. The number of nitrogens with zero attached hydrogens (tertiary/aromatic N) is 1. The number of anilines is 1. The Morgan fingerprint density at radius 1 is 1.61 bits per heavy atom. The van der Waals surface area contributed by atoms with E-state index in [0.29, 0.717) is 11.6 Å². The Kier molecular flexibility index (Phi) is 3.18. The van der Waals surface area contributed by atoms with Crippen LogP contribution in [0.4, 0.5) is 11.4 Å². The van der Waals surface area contributed by atoms with E-state index >= 15 is 0 Å². The number of benzene rings is 1. The van der Waals surface area contributed by atoms with Crippen LogP contribution in [-0.4, -0.2) is 16.9 Å². The van der Waals surface area contributed by atoms with Gasteiger partial charge in [-0.25, -0.2) is 0 Å². The Morgan fingerprint density at radius 3 is 2.83 bits per heavy atom. The molecule has 0 heterocycles. The number of nitro benzene ring substituents is 1. The summed E-state index contributed by atoms with van der Waals surface area (Å²) >= 11 is 0. The molecule has 1 aliphatic carbocycles. The van der Waals surface area contributed by atoms with E-state index in [9.17, 15) is 14.9 Å². The molecule has 3 N–H and O–H groups in total. The zero-order chi connectivity index (χ0) is 13.3. The fourth-order valence-electron chi connectivity index (χ4n) is 2.04. The number of hydrogen-bond acceptors (Lipinski definition) is 4. The fraction of sp³-hybridized carbons (Fsp3) is 0.417. The van der Waals surface area contributed by atoms with Crippen LogP contribution >= 0.6 is 0 Å². The van der Waals surface area contributed by atoms with Gasteiger partial charge in [-0.1, -0.05) is 13.3 Å². The number of primary amides is 1. The molecule has 1 amide bonds. The van der Waals surface area contributed by atoms with Crippen molar-refractivity contribution in [3.8, 4) is 0 Å². The van der Waals surface area contributed by atoms with Gasteiger partial charge in [0.25, 0.3) is 5.69 Å². The van der Waals surface area contributed by atoms with E-state index in [2.05, 4.69) is 12.2 Å². The summed E-state index contributed by atoms with van der Waals surface area (Å²) in [5.74, 6) is -0.0300. The van der Waals surface area contributed by atoms with Crippen molar-refractivity contribution in [1.82, 2.24) is 0 Å². The lowest BCUT2D eigenvalue weighted by molar-refractivity contribution is -0.384. The van der Waals surface area contributed by atoms with Crippen molar-refractivity contribution < 1.29 is 9.72 Å². The third kappa shape index (κ3) is 2.42. The van der Waals surface area contributed by atoms with Gasteiger partial charge < -0.3 is 11.1 Å². The third-order valence-electron chi connectivity index (χ3n) is 3.27. The zero-order valence-electron chi connectivity index (χ0n) is 10.1. The summed E-state index contributed by atoms with van der Waals surface area (Å²) < 4.78 is 0. The molecule has 1 saturated carbocycles. The number of amides is 1. The summed E-state index contributed by atoms with van der Waals surface area (Å²) in [6.45, 7) is 2.08. The first-order valence-electron chi connectivity index (χ1n) is 5.87. The second-order valence-electron chi connectivity index (χ2n) is 4.51. The number of nitrogens with two attached hydrogens (primary N) is 1. The lowest BCUT2D eigenvalue weighted by Crippen LogP contribution is -2.13. The highest BCUT2D eigenvalue weighted by atomic mass is 16.6. The summed E-state index contributed by atoms with van der Waals surface area (Å²) in [5.41, 5.74) is 5.79. The molecule has 0 spiro atoms. The average molecular weight is 249 g/mol. The van der Waals surface area contributed by atoms with Gasteiger partial charge in [-0.2, -0.15) is 0 Å². The van der Waals surface area contributed by atoms with Crippen molar-refractivity contribution in [3.05, 3.63) is 33.9 Å². The lowest BCUT2D eigenvalue weighted by atomic mass is 10.1. The van der Waals surface area contributed by atoms with Crippen molar-refractivity contribution in [3.63, 3.8) is 0 Å². The quantitative estimate of drug-likeness (QED) is 0.615. The van der Waals surface area contributed by atoms with Gasteiger partial charge in [-0.3, -0.25) is 14.9 Å². The number of nitro groups is 1. The fourth-order valence-corrected chi connectivity index (χ4v) is 2.04. The van der Waals surface area contributed by atoms with E-state index < -0.39 is 10.8 Å². The zero-order valence-corrected chi connectivity index (χ0v) is 10.1. The molecule has 1 aliphatic rings. The maximum Gasteiger partial charge on any atom is 0.292 e. The predicted molar refractivity (Wildman–Crippen MR) is 67.4 cm³/mol. The molecular weight excluding hydrogens is 234 g/mol. The van der Waals surface area contributed by atoms with Crippen LogP contribution in [0.25, 0.3) is 0 Å². The highest BCUT2D eigenvalue weighted by Gasteiger charge is 2.36. The summed E-state index contributed by atoms with van der Waals surface area (Å²) in [6, 6.07) is 4.39. The molecular formula is C12H15N3O3. The van der Waals surface area contributed by atoms with Crippen LogP contribution in [0.2, 0.25) is 0 Å². The highest BCUT2D eigenvalue weighted by Crippen LogP contribution is 2.38. The van der Waals surface area contributed by atoms with E-state index in [1.54, 1.807) is 0 Å². The molecule has 1 aromatic rings. The summed E-state index contributed by atoms with van der Waals surface area (Å²) in [4.78, 5) is 21.5. The normalized spacial score (nSPS) is 21.4. The summed E-state index contributed by atoms with van der Waals surface area (Å²) in [5, 5.41) is 14.0. The predicted octanol–water partition coefficient (Wildman–Crippen LogP) is 1.90. The molecule has 0 saturated heterocycles. The maximum atomic E-state index is 11.1. The van der Waals surface area contributed by atoms with Gasteiger partial charge in [0.2, 0.25) is 5.91 Å². The first kappa shape index (κ1) is 12.3. The van der Waals surface area contributed by atoms with Crippen LogP contribution < -0.4 is 11.1 Å². The molecule has 0 aromatic heterocycles. The van der Waals surface area contributed by atoms with Gasteiger partial charge in [-0.05, 0) is 24.5 Å². The minimum atomic E-state index is -0.587. The minimum absolute atomic E-state index is 0.0262. The monoisotopic (exact) mass is 249 g/mol. The molecule has 2 unspecified atom stereocenters. The summed E-state index contributed by atoms with van der Waals surface area (Å²) in [6.07, 6.45) is 2.05. The molecule has 1 fully saturated rings. The Bertz CT molecular complexity index is 501. The van der Waals surface area contributed by atoms with E-state index in [-0.39, 0.29) is 17.3 Å². The van der Waals surface area contributed by atoms with E-state index in [1.807, 2.05) is 0 Å². The number of carbonyl (C=O) groups excluding carboxylic acids is 1. The third-order valence-corrected chi connectivity index (χ3v) is 3.27. The molecule has 2 rings (SSSR count). The first-order chi connectivity index (χ1) is 8.52. The van der Waals surface area contributed by atoms with Crippen molar-refractivity contribution in [2.24, 2.45) is 11.7 Å². The summed E-state index contributed by atoms with van der Waals surface area (Å²) in [7, 11) is 0. The SMILES string of the molecule is CCC1CC1Nc1cc(C(N)=O)ccc1[N+](=O)[O-]. The molecule has 2 atom stereocenters. The van der Waals surface area contributed by atoms with Crippen molar-refractivity contribution in [2.45, 2.75) is 25.8 Å². The van der Waals surface area contributed by atoms with Crippen LogP contribution in [0.3, 0.4) is 0 Å². The lowest BCUT2D eigenvalue weighted by Gasteiger charge is -2.07. The van der Waals surface area contributed by atoms with Gasteiger partial charge in [0.1, 0.15) is 5.69 Å². The Labute approximate surface area is 104 Å². The van der Waals surface area contributed by atoms with Crippen LogP contribution in [0.15, 0.2) is 18.2 Å².